The van der Waals surface area contributed by atoms with E-state index in [2.05, 4.69) is 6.92 Å². The molecule has 1 heterocycles. The molecule has 4 heteroatoms. The van der Waals surface area contributed by atoms with Crippen LogP contribution < -0.4 is 9.47 Å². The molecule has 4 nitrogen and oxygen atoms in total. The molecule has 4 rings (SSSR count). The minimum atomic E-state index is -0.450. The summed E-state index contributed by atoms with van der Waals surface area (Å²) in [6, 6.07) is 18.5. The summed E-state index contributed by atoms with van der Waals surface area (Å²) < 4.78 is 11.4. The minimum Gasteiger partial charge on any atom is -0.452 e. The highest BCUT2D eigenvalue weighted by Gasteiger charge is 2.30. The van der Waals surface area contributed by atoms with Crippen LogP contribution in [-0.2, 0) is 6.42 Å². The van der Waals surface area contributed by atoms with Crippen LogP contribution in [0.3, 0.4) is 0 Å². The molecule has 0 atom stereocenters. The Bertz CT molecular complexity index is 1170. The molecule has 0 saturated heterocycles. The lowest BCUT2D eigenvalue weighted by atomic mass is 10.0. The fraction of sp³-hybridized carbons (Fsp3) is 0.154. The molecule has 150 valence electrons. The van der Waals surface area contributed by atoms with E-state index in [1.807, 2.05) is 50.2 Å². The van der Waals surface area contributed by atoms with Gasteiger partial charge >= 0.3 is 5.97 Å². The van der Waals surface area contributed by atoms with Crippen LogP contribution in [0.25, 0.3) is 6.08 Å². The zero-order valence-electron chi connectivity index (χ0n) is 17.2. The Hall–Kier alpha value is -3.66. The first-order chi connectivity index (χ1) is 14.4. The van der Waals surface area contributed by atoms with E-state index >= 15 is 0 Å². The third-order valence-electron chi connectivity index (χ3n) is 5.09. The molecule has 0 spiro atoms. The number of hydrogen-bond donors (Lipinski definition) is 0. The molecule has 0 amide bonds. The van der Waals surface area contributed by atoms with E-state index in [0.717, 1.165) is 17.5 Å². The van der Waals surface area contributed by atoms with Crippen molar-refractivity contribution in [1.29, 1.82) is 0 Å². The summed E-state index contributed by atoms with van der Waals surface area (Å²) in [5.74, 6) is 0.398. The molecule has 3 aromatic carbocycles. The van der Waals surface area contributed by atoms with Crippen molar-refractivity contribution in [1.82, 2.24) is 0 Å². The number of carbonyl (C=O) groups excluding carboxylic acids is 2. The number of ether oxygens (including phenoxy) is 2. The third kappa shape index (κ3) is 3.90. The number of esters is 1. The van der Waals surface area contributed by atoms with Gasteiger partial charge in [0.2, 0.25) is 5.78 Å². The first kappa shape index (κ1) is 19.6. The van der Waals surface area contributed by atoms with Crippen LogP contribution >= 0.6 is 0 Å². The van der Waals surface area contributed by atoms with Crippen molar-refractivity contribution >= 4 is 17.8 Å². The highest BCUT2D eigenvalue weighted by molar-refractivity contribution is 6.15. The molecule has 0 fully saturated rings. The van der Waals surface area contributed by atoms with Crippen LogP contribution in [0.2, 0.25) is 0 Å². The fourth-order valence-corrected chi connectivity index (χ4v) is 3.48. The predicted molar refractivity (Wildman–Crippen MR) is 116 cm³/mol. The van der Waals surface area contributed by atoms with Crippen LogP contribution in [0.15, 0.2) is 66.4 Å². The summed E-state index contributed by atoms with van der Waals surface area (Å²) in [4.78, 5) is 25.3. The molecule has 1 aliphatic heterocycles. The van der Waals surface area contributed by atoms with Gasteiger partial charge in [0, 0.05) is 6.07 Å². The minimum absolute atomic E-state index is 0.168. The van der Waals surface area contributed by atoms with Gasteiger partial charge in [-0.25, -0.2) is 4.79 Å². The van der Waals surface area contributed by atoms with Gasteiger partial charge in [-0.1, -0.05) is 48.9 Å². The van der Waals surface area contributed by atoms with Crippen molar-refractivity contribution in [2.45, 2.75) is 27.2 Å². The summed E-state index contributed by atoms with van der Waals surface area (Å²) in [6.07, 6.45) is 2.70. The number of allylic oxidation sites excluding steroid dienone is 1. The molecule has 0 radical (unpaired) electrons. The average Bonchev–Trinajstić information content (AvgIpc) is 3.04. The van der Waals surface area contributed by atoms with Gasteiger partial charge in [0.15, 0.2) is 5.76 Å². The number of Topliss-reactive ketones (excluding diaryl/α,β-unsaturated/α-hetero) is 1. The van der Waals surface area contributed by atoms with Gasteiger partial charge in [-0.3, -0.25) is 4.79 Å². The van der Waals surface area contributed by atoms with Gasteiger partial charge in [0.1, 0.15) is 11.5 Å². The molecule has 1 aliphatic rings. The van der Waals surface area contributed by atoms with Crippen molar-refractivity contribution in [2.75, 3.05) is 0 Å². The largest absolute Gasteiger partial charge is 0.452 e. The lowest BCUT2D eigenvalue weighted by Gasteiger charge is -2.08. The topological polar surface area (TPSA) is 52.6 Å². The standard InChI is InChI=1S/C26H22O4/c1-4-18-8-10-19(11-9-18)14-23-25(27)24-17(3)13-21(15-22(24)30-23)29-26(28)20-7-5-6-16(2)12-20/h5-15H,4H2,1-3H3/b23-14-. The Balaban J connectivity index is 1.59. The zero-order chi connectivity index (χ0) is 21.3. The van der Waals surface area contributed by atoms with Crippen molar-refractivity contribution in [3.05, 3.63) is 99.8 Å². The van der Waals surface area contributed by atoms with E-state index in [1.165, 1.54) is 5.56 Å². The van der Waals surface area contributed by atoms with Crippen molar-refractivity contribution in [3.8, 4) is 11.5 Å². The monoisotopic (exact) mass is 398 g/mol. The molecule has 0 saturated carbocycles. The van der Waals surface area contributed by atoms with Gasteiger partial charge in [-0.2, -0.15) is 0 Å². The second-order valence-corrected chi connectivity index (χ2v) is 7.41. The maximum absolute atomic E-state index is 12.8. The molecule has 30 heavy (non-hydrogen) atoms. The number of fused-ring (bicyclic) bond motifs is 1. The van der Waals surface area contributed by atoms with Crippen LogP contribution in [0.5, 0.6) is 11.5 Å². The first-order valence-electron chi connectivity index (χ1n) is 9.91. The highest BCUT2D eigenvalue weighted by Crippen LogP contribution is 2.37. The molecule has 0 bridgehead atoms. The summed E-state index contributed by atoms with van der Waals surface area (Å²) in [6.45, 7) is 5.82. The van der Waals surface area contributed by atoms with E-state index in [-0.39, 0.29) is 11.5 Å². The molecule has 0 aliphatic carbocycles. The maximum atomic E-state index is 12.8. The molecular formula is C26H22O4. The number of aryl methyl sites for hydroxylation is 3. The second kappa shape index (κ2) is 7.99. The van der Waals surface area contributed by atoms with Crippen molar-refractivity contribution in [3.63, 3.8) is 0 Å². The number of carbonyl (C=O) groups is 2. The Morgan fingerprint density at radius 2 is 1.80 bits per heavy atom. The average molecular weight is 398 g/mol. The number of rotatable bonds is 4. The normalized spacial score (nSPS) is 13.8. The predicted octanol–water partition coefficient (Wildman–Crippen LogP) is 5.70. The highest BCUT2D eigenvalue weighted by atomic mass is 16.5. The Morgan fingerprint density at radius 3 is 2.50 bits per heavy atom. The summed E-state index contributed by atoms with van der Waals surface area (Å²) in [5, 5.41) is 0. The number of benzene rings is 3. The van der Waals surface area contributed by atoms with Gasteiger partial charge < -0.3 is 9.47 Å². The van der Waals surface area contributed by atoms with Crippen LogP contribution in [0, 0.1) is 13.8 Å². The zero-order valence-corrected chi connectivity index (χ0v) is 17.2. The molecular weight excluding hydrogens is 376 g/mol. The van der Waals surface area contributed by atoms with E-state index in [0.29, 0.717) is 28.2 Å². The van der Waals surface area contributed by atoms with Crippen LogP contribution in [0.1, 0.15) is 49.9 Å². The fourth-order valence-electron chi connectivity index (χ4n) is 3.48. The van der Waals surface area contributed by atoms with Crippen LogP contribution in [0.4, 0.5) is 0 Å². The van der Waals surface area contributed by atoms with E-state index in [1.54, 1.807) is 30.3 Å². The Kier molecular flexibility index (Phi) is 5.23. The molecule has 0 N–H and O–H groups in total. The quantitative estimate of drug-likeness (QED) is 0.321. The second-order valence-electron chi connectivity index (χ2n) is 7.41. The van der Waals surface area contributed by atoms with Gasteiger partial charge in [0.05, 0.1) is 11.1 Å². The lowest BCUT2D eigenvalue weighted by Crippen LogP contribution is -2.09. The summed E-state index contributed by atoms with van der Waals surface area (Å²) >= 11 is 0. The molecule has 0 unspecified atom stereocenters. The van der Waals surface area contributed by atoms with Gasteiger partial charge in [-0.15, -0.1) is 0 Å². The van der Waals surface area contributed by atoms with Gasteiger partial charge in [0.25, 0.3) is 0 Å². The third-order valence-corrected chi connectivity index (χ3v) is 5.09. The summed E-state index contributed by atoms with van der Waals surface area (Å²) in [5.41, 5.74) is 4.78. The lowest BCUT2D eigenvalue weighted by molar-refractivity contribution is 0.0734. The number of ketones is 1. The van der Waals surface area contributed by atoms with Crippen LogP contribution in [-0.4, -0.2) is 11.8 Å². The molecule has 3 aromatic rings. The van der Waals surface area contributed by atoms with Gasteiger partial charge in [-0.05, 0) is 61.2 Å². The van der Waals surface area contributed by atoms with Crippen molar-refractivity contribution < 1.29 is 19.1 Å². The Labute approximate surface area is 175 Å². The number of hydrogen-bond acceptors (Lipinski definition) is 4. The Morgan fingerprint density at radius 1 is 1.03 bits per heavy atom. The van der Waals surface area contributed by atoms with E-state index in [9.17, 15) is 9.59 Å². The van der Waals surface area contributed by atoms with E-state index < -0.39 is 5.97 Å². The van der Waals surface area contributed by atoms with E-state index in [4.69, 9.17) is 9.47 Å². The first-order valence-corrected chi connectivity index (χ1v) is 9.91. The molecule has 0 aromatic heterocycles. The smallest absolute Gasteiger partial charge is 0.343 e. The maximum Gasteiger partial charge on any atom is 0.343 e. The van der Waals surface area contributed by atoms with Crippen molar-refractivity contribution in [2.24, 2.45) is 0 Å². The summed E-state index contributed by atoms with van der Waals surface area (Å²) in [7, 11) is 0. The SMILES string of the molecule is CCc1ccc(/C=C2\Oc3cc(OC(=O)c4cccc(C)c4)cc(C)c3C2=O)cc1.